The molecular formula is C17H20N4O3. The minimum atomic E-state index is -1.10. The van der Waals surface area contributed by atoms with Gasteiger partial charge in [-0.2, -0.15) is 0 Å². The highest BCUT2D eigenvalue weighted by molar-refractivity contribution is 5.98. The van der Waals surface area contributed by atoms with Crippen molar-refractivity contribution in [1.29, 1.82) is 0 Å². The van der Waals surface area contributed by atoms with Crippen molar-refractivity contribution < 1.29 is 14.3 Å². The molecule has 3 rings (SSSR count). The van der Waals surface area contributed by atoms with E-state index >= 15 is 0 Å². The van der Waals surface area contributed by atoms with Gasteiger partial charge in [-0.05, 0) is 37.1 Å². The lowest BCUT2D eigenvalue weighted by Crippen LogP contribution is -2.58. The number of likely N-dealkylation sites (tertiary alicyclic amines) is 1. The van der Waals surface area contributed by atoms with E-state index in [1.54, 1.807) is 12.3 Å². The quantitative estimate of drug-likeness (QED) is 0.886. The zero-order valence-corrected chi connectivity index (χ0v) is 13.5. The number of ether oxygens (including phenoxy) is 1. The van der Waals surface area contributed by atoms with Crippen LogP contribution in [0.15, 0.2) is 42.9 Å². The molecule has 1 fully saturated rings. The van der Waals surface area contributed by atoms with Crippen molar-refractivity contribution in [3.63, 3.8) is 0 Å². The Morgan fingerprint density at radius 3 is 2.79 bits per heavy atom. The van der Waals surface area contributed by atoms with E-state index in [1.807, 2.05) is 35.2 Å². The molecule has 7 heteroatoms. The van der Waals surface area contributed by atoms with Crippen molar-refractivity contribution in [3.8, 4) is 5.69 Å². The summed E-state index contributed by atoms with van der Waals surface area (Å²) in [7, 11) is 1.50. The van der Waals surface area contributed by atoms with Crippen molar-refractivity contribution in [2.24, 2.45) is 5.73 Å². The smallest absolute Gasteiger partial charge is 0.273 e. The van der Waals surface area contributed by atoms with Crippen LogP contribution in [0.3, 0.4) is 0 Å². The van der Waals surface area contributed by atoms with E-state index in [-0.39, 0.29) is 18.2 Å². The van der Waals surface area contributed by atoms with Gasteiger partial charge in [0.25, 0.3) is 5.91 Å². The number of nitrogens with zero attached hydrogens (tertiary/aromatic N) is 3. The number of hydrogen-bond donors (Lipinski definition) is 1. The number of rotatable bonds is 5. The summed E-state index contributed by atoms with van der Waals surface area (Å²) in [5.74, 6) is -0.853. The number of aromatic nitrogens is 2. The maximum atomic E-state index is 13.0. The molecule has 2 aromatic rings. The van der Waals surface area contributed by atoms with Gasteiger partial charge in [0.05, 0.1) is 6.61 Å². The molecule has 126 valence electrons. The van der Waals surface area contributed by atoms with E-state index in [1.165, 1.54) is 12.0 Å². The summed E-state index contributed by atoms with van der Waals surface area (Å²) in [5.41, 5.74) is 5.60. The van der Waals surface area contributed by atoms with Gasteiger partial charge in [0.15, 0.2) is 0 Å². The van der Waals surface area contributed by atoms with Gasteiger partial charge in [0, 0.05) is 37.9 Å². The SMILES string of the molecule is COCC1(C(N)=O)CCCN1C(=O)c1cc(-n2cccc2)ccn1. The average molecular weight is 328 g/mol. The Kier molecular flexibility index (Phi) is 4.35. The first-order valence-corrected chi connectivity index (χ1v) is 7.79. The van der Waals surface area contributed by atoms with Gasteiger partial charge in [-0.1, -0.05) is 0 Å². The summed E-state index contributed by atoms with van der Waals surface area (Å²) in [4.78, 5) is 30.7. The van der Waals surface area contributed by atoms with Gasteiger partial charge in [0.2, 0.25) is 5.91 Å². The Bertz CT molecular complexity index is 744. The fourth-order valence-corrected chi connectivity index (χ4v) is 3.23. The minimum Gasteiger partial charge on any atom is -0.382 e. The third-order valence-electron chi connectivity index (χ3n) is 4.44. The summed E-state index contributed by atoms with van der Waals surface area (Å²) in [5, 5.41) is 0. The lowest BCUT2D eigenvalue weighted by atomic mass is 9.96. The zero-order chi connectivity index (χ0) is 17.2. The first kappa shape index (κ1) is 16.2. The van der Waals surface area contributed by atoms with Crippen LogP contribution < -0.4 is 5.73 Å². The summed E-state index contributed by atoms with van der Waals surface area (Å²) in [6.45, 7) is 0.548. The average Bonchev–Trinajstić information content (AvgIpc) is 3.25. The summed E-state index contributed by atoms with van der Waals surface area (Å²) in [6.07, 6.45) is 6.56. The zero-order valence-electron chi connectivity index (χ0n) is 13.5. The summed E-state index contributed by atoms with van der Waals surface area (Å²) >= 11 is 0. The number of carbonyl (C=O) groups is 2. The molecule has 0 aromatic carbocycles. The molecule has 1 atom stereocenters. The molecule has 0 aliphatic carbocycles. The first-order chi connectivity index (χ1) is 11.6. The number of nitrogens with two attached hydrogens (primary N) is 1. The van der Waals surface area contributed by atoms with E-state index < -0.39 is 11.4 Å². The molecule has 3 heterocycles. The molecule has 0 spiro atoms. The highest BCUT2D eigenvalue weighted by Crippen LogP contribution is 2.31. The van der Waals surface area contributed by atoms with Crippen LogP contribution >= 0.6 is 0 Å². The number of carbonyl (C=O) groups excluding carboxylic acids is 2. The van der Waals surface area contributed by atoms with E-state index in [0.717, 1.165) is 5.69 Å². The van der Waals surface area contributed by atoms with Crippen LogP contribution in [-0.2, 0) is 9.53 Å². The highest BCUT2D eigenvalue weighted by atomic mass is 16.5. The third kappa shape index (κ3) is 2.67. The van der Waals surface area contributed by atoms with Crippen molar-refractivity contribution in [2.75, 3.05) is 20.3 Å². The third-order valence-corrected chi connectivity index (χ3v) is 4.44. The fourth-order valence-electron chi connectivity index (χ4n) is 3.23. The van der Waals surface area contributed by atoms with E-state index in [4.69, 9.17) is 10.5 Å². The molecule has 2 amide bonds. The van der Waals surface area contributed by atoms with Crippen LogP contribution in [0, 0.1) is 0 Å². The lowest BCUT2D eigenvalue weighted by molar-refractivity contribution is -0.130. The number of primary amides is 1. The molecule has 0 radical (unpaired) electrons. The van der Waals surface area contributed by atoms with Gasteiger partial charge in [-0.3, -0.25) is 14.6 Å². The number of amides is 2. The topological polar surface area (TPSA) is 90.5 Å². The largest absolute Gasteiger partial charge is 0.382 e. The van der Waals surface area contributed by atoms with E-state index in [0.29, 0.717) is 19.4 Å². The van der Waals surface area contributed by atoms with Crippen molar-refractivity contribution in [2.45, 2.75) is 18.4 Å². The molecule has 1 unspecified atom stereocenters. The van der Waals surface area contributed by atoms with Gasteiger partial charge >= 0.3 is 0 Å². The maximum Gasteiger partial charge on any atom is 0.273 e. The molecule has 24 heavy (non-hydrogen) atoms. The van der Waals surface area contributed by atoms with Gasteiger partial charge < -0.3 is 19.9 Å². The Hall–Kier alpha value is -2.67. The van der Waals surface area contributed by atoms with Gasteiger partial charge in [-0.15, -0.1) is 0 Å². The predicted octanol–water partition coefficient (Wildman–Crippen LogP) is 0.979. The molecule has 1 aliphatic rings. The molecule has 0 saturated carbocycles. The molecule has 2 aromatic heterocycles. The van der Waals surface area contributed by atoms with Gasteiger partial charge in [-0.25, -0.2) is 0 Å². The van der Waals surface area contributed by atoms with Crippen LogP contribution in [-0.4, -0.2) is 52.1 Å². The Balaban J connectivity index is 1.93. The van der Waals surface area contributed by atoms with Crippen molar-refractivity contribution in [3.05, 3.63) is 48.5 Å². The lowest BCUT2D eigenvalue weighted by Gasteiger charge is -2.34. The second-order valence-electron chi connectivity index (χ2n) is 5.88. The van der Waals surface area contributed by atoms with Crippen molar-refractivity contribution in [1.82, 2.24) is 14.5 Å². The number of hydrogen-bond acceptors (Lipinski definition) is 4. The predicted molar refractivity (Wildman–Crippen MR) is 87.6 cm³/mol. The molecule has 2 N–H and O–H groups in total. The number of methoxy groups -OCH3 is 1. The Labute approximate surface area is 140 Å². The first-order valence-electron chi connectivity index (χ1n) is 7.79. The molecule has 1 saturated heterocycles. The Morgan fingerprint density at radius 2 is 2.12 bits per heavy atom. The highest BCUT2D eigenvalue weighted by Gasteiger charge is 2.49. The second kappa shape index (κ2) is 6.45. The van der Waals surface area contributed by atoms with Crippen LogP contribution in [0.4, 0.5) is 0 Å². The standard InChI is InChI=1S/C17H20N4O3/c1-24-12-17(16(18)23)6-4-10-21(17)15(22)14-11-13(5-7-19-14)20-8-2-3-9-20/h2-3,5,7-9,11H,4,6,10,12H2,1H3,(H2,18,23). The van der Waals surface area contributed by atoms with Gasteiger partial charge in [0.1, 0.15) is 11.2 Å². The fraction of sp³-hybridized carbons (Fsp3) is 0.353. The normalized spacial score (nSPS) is 20.3. The minimum absolute atomic E-state index is 0.0887. The second-order valence-corrected chi connectivity index (χ2v) is 5.88. The van der Waals surface area contributed by atoms with Crippen LogP contribution in [0.25, 0.3) is 5.69 Å². The molecule has 1 aliphatic heterocycles. The van der Waals surface area contributed by atoms with Crippen LogP contribution in [0.2, 0.25) is 0 Å². The molecular weight excluding hydrogens is 308 g/mol. The van der Waals surface area contributed by atoms with E-state index in [2.05, 4.69) is 4.98 Å². The maximum absolute atomic E-state index is 13.0. The van der Waals surface area contributed by atoms with Crippen LogP contribution in [0.1, 0.15) is 23.3 Å². The summed E-state index contributed by atoms with van der Waals surface area (Å²) in [6, 6.07) is 7.33. The number of pyridine rings is 1. The molecule has 7 nitrogen and oxygen atoms in total. The van der Waals surface area contributed by atoms with E-state index in [9.17, 15) is 9.59 Å². The molecule has 0 bridgehead atoms. The van der Waals surface area contributed by atoms with Crippen molar-refractivity contribution >= 4 is 11.8 Å². The monoisotopic (exact) mass is 328 g/mol. The van der Waals surface area contributed by atoms with Crippen LogP contribution in [0.5, 0.6) is 0 Å². The Morgan fingerprint density at radius 1 is 1.38 bits per heavy atom. The summed E-state index contributed by atoms with van der Waals surface area (Å²) < 4.78 is 7.06.